The van der Waals surface area contributed by atoms with E-state index in [1.54, 1.807) is 18.8 Å². The molecule has 0 atom stereocenters. The standard InChI is InChI=1S/C8H13N3O.C8H12N2O2/c1-5-6(2)10-11(3)8(5)7(12)4-9;1-5-6(2)9-10(3)7(5)8(11)12-4/h4,9H2,1-3H3;1-4H3. The Morgan fingerprint density at radius 1 is 0.958 bits per heavy atom. The van der Waals surface area contributed by atoms with Crippen LogP contribution in [0.3, 0.4) is 0 Å². The van der Waals surface area contributed by atoms with E-state index in [2.05, 4.69) is 14.9 Å². The van der Waals surface area contributed by atoms with Crippen LogP contribution >= 0.6 is 0 Å². The van der Waals surface area contributed by atoms with Crippen LogP contribution < -0.4 is 5.73 Å². The van der Waals surface area contributed by atoms with Crippen LogP contribution in [-0.2, 0) is 18.8 Å². The molecule has 24 heavy (non-hydrogen) atoms. The Labute approximate surface area is 141 Å². The molecule has 2 rings (SSSR count). The van der Waals surface area contributed by atoms with Gasteiger partial charge in [0, 0.05) is 25.2 Å². The number of aryl methyl sites for hydroxylation is 4. The zero-order valence-corrected chi connectivity index (χ0v) is 15.3. The SMILES string of the molecule is COC(=O)c1c(C)c(C)nn1C.Cc1nn(C)c(C(=O)CN)c1C. The number of nitrogens with two attached hydrogens (primary N) is 1. The summed E-state index contributed by atoms with van der Waals surface area (Å²) in [4.78, 5) is 22.5. The number of carbonyl (C=O) groups excluding carboxylic acids is 2. The molecular formula is C16H25N5O3. The molecule has 2 heterocycles. The van der Waals surface area contributed by atoms with Crippen LogP contribution in [0.5, 0.6) is 0 Å². The molecule has 0 spiro atoms. The van der Waals surface area contributed by atoms with E-state index in [0.29, 0.717) is 11.4 Å². The van der Waals surface area contributed by atoms with Gasteiger partial charge in [0.1, 0.15) is 11.4 Å². The van der Waals surface area contributed by atoms with Crippen molar-refractivity contribution in [1.29, 1.82) is 0 Å². The van der Waals surface area contributed by atoms with Gasteiger partial charge in [-0.15, -0.1) is 0 Å². The lowest BCUT2D eigenvalue weighted by molar-refractivity contribution is 0.0587. The average molecular weight is 335 g/mol. The topological polar surface area (TPSA) is 105 Å². The average Bonchev–Trinajstić information content (AvgIpc) is 2.93. The number of rotatable bonds is 3. The Balaban J connectivity index is 0.000000240. The van der Waals surface area contributed by atoms with Crippen LogP contribution in [-0.4, -0.2) is 45.0 Å². The van der Waals surface area contributed by atoms with Gasteiger partial charge in [0.15, 0.2) is 5.78 Å². The molecule has 0 unspecified atom stereocenters. The molecule has 0 amide bonds. The molecule has 0 fully saturated rings. The highest BCUT2D eigenvalue weighted by atomic mass is 16.5. The Bertz CT molecular complexity index is 694. The second-order valence-corrected chi connectivity index (χ2v) is 5.48. The summed E-state index contributed by atoms with van der Waals surface area (Å²) in [7, 11) is 4.85. The number of hydrogen-bond donors (Lipinski definition) is 1. The summed E-state index contributed by atoms with van der Waals surface area (Å²) in [5, 5.41) is 8.22. The molecule has 2 N–H and O–H groups in total. The maximum atomic E-state index is 11.3. The van der Waals surface area contributed by atoms with E-state index in [4.69, 9.17) is 5.73 Å². The van der Waals surface area contributed by atoms with Gasteiger partial charge in [-0.2, -0.15) is 10.2 Å². The molecule has 8 heteroatoms. The summed E-state index contributed by atoms with van der Waals surface area (Å²) in [6.07, 6.45) is 0. The minimum Gasteiger partial charge on any atom is -0.464 e. The molecule has 132 valence electrons. The van der Waals surface area contributed by atoms with E-state index in [9.17, 15) is 9.59 Å². The lowest BCUT2D eigenvalue weighted by atomic mass is 10.1. The highest BCUT2D eigenvalue weighted by Crippen LogP contribution is 2.12. The number of carbonyl (C=O) groups is 2. The minimum absolute atomic E-state index is 0.0415. The largest absolute Gasteiger partial charge is 0.464 e. The highest BCUT2D eigenvalue weighted by molar-refractivity contribution is 5.97. The zero-order valence-electron chi connectivity index (χ0n) is 15.3. The molecule has 0 saturated carbocycles. The summed E-state index contributed by atoms with van der Waals surface area (Å²) in [5.74, 6) is -0.397. The summed E-state index contributed by atoms with van der Waals surface area (Å²) >= 11 is 0. The maximum Gasteiger partial charge on any atom is 0.356 e. The van der Waals surface area contributed by atoms with Crippen molar-refractivity contribution in [3.05, 3.63) is 33.9 Å². The van der Waals surface area contributed by atoms with E-state index >= 15 is 0 Å². The fourth-order valence-electron chi connectivity index (χ4n) is 2.40. The molecule has 8 nitrogen and oxygen atoms in total. The molecule has 2 aromatic rings. The number of nitrogens with zero attached hydrogens (tertiary/aromatic N) is 4. The fraction of sp³-hybridized carbons (Fsp3) is 0.500. The zero-order chi connectivity index (χ0) is 18.6. The third kappa shape index (κ3) is 3.88. The Hall–Kier alpha value is -2.48. The van der Waals surface area contributed by atoms with Gasteiger partial charge in [-0.3, -0.25) is 14.2 Å². The molecule has 0 aliphatic heterocycles. The lowest BCUT2D eigenvalue weighted by Crippen LogP contribution is -2.18. The second-order valence-electron chi connectivity index (χ2n) is 5.48. The summed E-state index contributed by atoms with van der Waals surface area (Å²) < 4.78 is 7.73. The minimum atomic E-state index is -0.337. The van der Waals surface area contributed by atoms with Crippen molar-refractivity contribution in [3.63, 3.8) is 0 Å². The number of esters is 1. The molecule has 0 aliphatic carbocycles. The van der Waals surface area contributed by atoms with E-state index in [1.807, 2.05) is 27.7 Å². The molecule has 2 aromatic heterocycles. The van der Waals surface area contributed by atoms with Gasteiger partial charge in [0.25, 0.3) is 0 Å². The number of ketones is 1. The van der Waals surface area contributed by atoms with Crippen molar-refractivity contribution in [2.24, 2.45) is 19.8 Å². The number of methoxy groups -OCH3 is 1. The van der Waals surface area contributed by atoms with Crippen LogP contribution in [0.15, 0.2) is 0 Å². The molecule has 0 aliphatic rings. The predicted octanol–water partition coefficient (Wildman–Crippen LogP) is 1.00. The van der Waals surface area contributed by atoms with Crippen molar-refractivity contribution in [2.45, 2.75) is 27.7 Å². The van der Waals surface area contributed by atoms with Gasteiger partial charge >= 0.3 is 5.97 Å². The first-order valence-corrected chi connectivity index (χ1v) is 7.47. The Morgan fingerprint density at radius 2 is 1.38 bits per heavy atom. The summed E-state index contributed by atoms with van der Waals surface area (Å²) in [6.45, 7) is 7.52. The van der Waals surface area contributed by atoms with Gasteiger partial charge in [0.05, 0.1) is 25.0 Å². The Morgan fingerprint density at radius 3 is 1.67 bits per heavy atom. The predicted molar refractivity (Wildman–Crippen MR) is 90.1 cm³/mol. The molecule has 0 aromatic carbocycles. The van der Waals surface area contributed by atoms with Crippen LogP contribution in [0.2, 0.25) is 0 Å². The van der Waals surface area contributed by atoms with Crippen molar-refractivity contribution < 1.29 is 14.3 Å². The maximum absolute atomic E-state index is 11.3. The summed E-state index contributed by atoms with van der Waals surface area (Å²) in [5.41, 5.74) is 9.95. The van der Waals surface area contributed by atoms with E-state index < -0.39 is 0 Å². The van der Waals surface area contributed by atoms with Crippen LogP contribution in [0.25, 0.3) is 0 Å². The third-order valence-electron chi connectivity index (χ3n) is 3.87. The van der Waals surface area contributed by atoms with Crippen molar-refractivity contribution in [3.8, 4) is 0 Å². The summed E-state index contributed by atoms with van der Waals surface area (Å²) in [6, 6.07) is 0. The first-order valence-electron chi connectivity index (χ1n) is 7.47. The van der Waals surface area contributed by atoms with Crippen molar-refractivity contribution in [2.75, 3.05) is 13.7 Å². The van der Waals surface area contributed by atoms with Crippen molar-refractivity contribution in [1.82, 2.24) is 19.6 Å². The molecule has 0 saturated heterocycles. The second kappa shape index (κ2) is 7.87. The van der Waals surface area contributed by atoms with Crippen LogP contribution in [0.4, 0.5) is 0 Å². The molecule has 0 bridgehead atoms. The molecule has 0 radical (unpaired) electrons. The van der Waals surface area contributed by atoms with Gasteiger partial charge < -0.3 is 10.5 Å². The monoisotopic (exact) mass is 335 g/mol. The Kier molecular flexibility index (Phi) is 6.42. The molecular weight excluding hydrogens is 310 g/mol. The van der Waals surface area contributed by atoms with Gasteiger partial charge in [-0.05, 0) is 27.7 Å². The number of aromatic nitrogens is 4. The van der Waals surface area contributed by atoms with Gasteiger partial charge in [-0.25, -0.2) is 4.79 Å². The van der Waals surface area contributed by atoms with Crippen LogP contribution in [0.1, 0.15) is 43.5 Å². The first kappa shape index (κ1) is 19.6. The van der Waals surface area contributed by atoms with Gasteiger partial charge in [0.2, 0.25) is 0 Å². The number of ether oxygens (including phenoxy) is 1. The normalized spacial score (nSPS) is 10.2. The first-order chi connectivity index (χ1) is 11.1. The van der Waals surface area contributed by atoms with Crippen LogP contribution in [0, 0.1) is 27.7 Å². The fourth-order valence-corrected chi connectivity index (χ4v) is 2.40. The van der Waals surface area contributed by atoms with Crippen molar-refractivity contribution >= 4 is 11.8 Å². The number of hydrogen-bond acceptors (Lipinski definition) is 6. The smallest absolute Gasteiger partial charge is 0.356 e. The van der Waals surface area contributed by atoms with E-state index in [-0.39, 0.29) is 18.3 Å². The number of Topliss-reactive ketones (excluding diaryl/α,β-unsaturated/α-hetero) is 1. The lowest BCUT2D eigenvalue weighted by Gasteiger charge is -1.99. The van der Waals surface area contributed by atoms with E-state index in [1.165, 1.54) is 11.8 Å². The quantitative estimate of drug-likeness (QED) is 0.663. The van der Waals surface area contributed by atoms with Gasteiger partial charge in [-0.1, -0.05) is 0 Å². The third-order valence-corrected chi connectivity index (χ3v) is 3.87. The van der Waals surface area contributed by atoms with E-state index in [0.717, 1.165) is 22.5 Å². The highest BCUT2D eigenvalue weighted by Gasteiger charge is 2.16.